The first-order valence-electron chi connectivity index (χ1n) is 15.4. The van der Waals surface area contributed by atoms with E-state index in [1.165, 1.54) is 38.1 Å². The quantitative estimate of drug-likeness (QED) is 0.199. The Kier molecular flexibility index (Phi) is 13.2. The summed E-state index contributed by atoms with van der Waals surface area (Å²) in [6, 6.07) is 1.65. The minimum absolute atomic E-state index is 0.217. The standard InChI is InChI=1S/C33H50N8O2/c1-7-8-9-30(37-18-24(3)28-20-38-41(6)22-28)29(17-34)33(43)39-31-16-27(19-36-25(31)4)32(42)35-14-15-40(5)21-26-12-10-23(2)11-13-26/h8-9,16-19,22-23,26,38H,7,10-15,20-21,34H2,1-6H3,(H,35,42)(H,39,43)/b9-8-,24-18+,29-17+,37-30+. The highest BCUT2D eigenvalue weighted by Crippen LogP contribution is 2.28. The highest BCUT2D eigenvalue weighted by Gasteiger charge is 2.20. The molecule has 0 saturated heterocycles. The molecule has 0 radical (unpaired) electrons. The average molecular weight is 591 g/mol. The molecule has 234 valence electrons. The molecule has 2 amide bonds. The van der Waals surface area contributed by atoms with Gasteiger partial charge in [0.15, 0.2) is 0 Å². The Hall–Kier alpha value is -3.76. The van der Waals surface area contributed by atoms with E-state index in [4.69, 9.17) is 5.73 Å². The fourth-order valence-corrected chi connectivity index (χ4v) is 5.21. The Morgan fingerprint density at radius 3 is 2.67 bits per heavy atom. The van der Waals surface area contributed by atoms with Crippen LogP contribution in [0.3, 0.4) is 0 Å². The molecular formula is C33H50N8O2. The number of allylic oxidation sites excluding steroid dienone is 2. The molecule has 10 nitrogen and oxygen atoms in total. The average Bonchev–Trinajstić information content (AvgIpc) is 3.42. The Morgan fingerprint density at radius 2 is 2.02 bits per heavy atom. The molecule has 1 aromatic rings. The number of aromatic nitrogens is 1. The van der Waals surface area contributed by atoms with Gasteiger partial charge in [-0.1, -0.05) is 32.8 Å². The molecular weight excluding hydrogens is 540 g/mol. The van der Waals surface area contributed by atoms with E-state index in [1.807, 2.05) is 38.2 Å². The zero-order valence-corrected chi connectivity index (χ0v) is 26.7. The van der Waals surface area contributed by atoms with Gasteiger partial charge in [-0.25, -0.2) is 5.43 Å². The Bertz CT molecular complexity index is 1270. The maximum Gasteiger partial charge on any atom is 0.259 e. The van der Waals surface area contributed by atoms with Crippen LogP contribution in [-0.2, 0) is 4.79 Å². The summed E-state index contributed by atoms with van der Waals surface area (Å²) in [7, 11) is 4.05. The van der Waals surface area contributed by atoms with Crippen molar-refractivity contribution in [2.24, 2.45) is 22.6 Å². The normalized spacial score (nSPS) is 20.1. The molecule has 0 aromatic carbocycles. The van der Waals surface area contributed by atoms with Gasteiger partial charge in [0.05, 0.1) is 28.2 Å². The number of aryl methyl sites for hydroxylation is 1. The second-order valence-electron chi connectivity index (χ2n) is 11.8. The van der Waals surface area contributed by atoms with E-state index in [2.05, 4.69) is 44.9 Å². The van der Waals surface area contributed by atoms with Gasteiger partial charge in [-0.2, -0.15) is 0 Å². The largest absolute Gasteiger partial charge is 0.404 e. The van der Waals surface area contributed by atoms with Gasteiger partial charge in [-0.15, -0.1) is 0 Å². The van der Waals surface area contributed by atoms with Crippen LogP contribution in [0.1, 0.15) is 68.9 Å². The third-order valence-corrected chi connectivity index (χ3v) is 8.05. The van der Waals surface area contributed by atoms with Gasteiger partial charge in [0.25, 0.3) is 11.8 Å². The number of anilines is 1. The van der Waals surface area contributed by atoms with Crippen molar-refractivity contribution in [2.45, 2.75) is 59.8 Å². The van der Waals surface area contributed by atoms with E-state index in [0.29, 0.717) is 35.7 Å². The van der Waals surface area contributed by atoms with E-state index < -0.39 is 5.91 Å². The summed E-state index contributed by atoms with van der Waals surface area (Å²) >= 11 is 0. The molecule has 0 spiro atoms. The number of hydrazine groups is 1. The lowest BCUT2D eigenvalue weighted by Crippen LogP contribution is -2.36. The number of aliphatic imine (C=N–C) groups is 1. The van der Waals surface area contributed by atoms with Crippen molar-refractivity contribution in [2.75, 3.05) is 45.6 Å². The number of carbonyl (C=O) groups is 2. The molecule has 43 heavy (non-hydrogen) atoms. The summed E-state index contributed by atoms with van der Waals surface area (Å²) < 4.78 is 0. The number of rotatable bonds is 13. The van der Waals surface area contributed by atoms with Crippen molar-refractivity contribution in [3.63, 3.8) is 0 Å². The molecule has 1 saturated carbocycles. The first-order valence-corrected chi connectivity index (χ1v) is 15.4. The summed E-state index contributed by atoms with van der Waals surface area (Å²) in [6.45, 7) is 11.2. The molecule has 2 heterocycles. The number of likely N-dealkylation sites (N-methyl/N-ethyl adjacent to an activating group) is 1. The smallest absolute Gasteiger partial charge is 0.259 e. The lowest BCUT2D eigenvalue weighted by Gasteiger charge is -2.29. The van der Waals surface area contributed by atoms with Crippen LogP contribution < -0.4 is 21.8 Å². The van der Waals surface area contributed by atoms with Gasteiger partial charge in [0.2, 0.25) is 0 Å². The van der Waals surface area contributed by atoms with Gasteiger partial charge < -0.3 is 26.3 Å². The summed E-state index contributed by atoms with van der Waals surface area (Å²) in [5.74, 6) is 0.920. The molecule has 3 rings (SSSR count). The molecule has 1 aromatic heterocycles. The molecule has 0 bridgehead atoms. The van der Waals surface area contributed by atoms with Crippen LogP contribution in [-0.4, -0.2) is 72.7 Å². The molecule has 0 unspecified atom stereocenters. The molecule has 1 aliphatic heterocycles. The second kappa shape index (κ2) is 16.8. The third kappa shape index (κ3) is 10.5. The predicted octanol–water partition coefficient (Wildman–Crippen LogP) is 4.30. The van der Waals surface area contributed by atoms with Gasteiger partial charge in [0.1, 0.15) is 0 Å². The Balaban J connectivity index is 1.64. The molecule has 1 fully saturated rings. The van der Waals surface area contributed by atoms with Crippen LogP contribution in [0.25, 0.3) is 0 Å². The summed E-state index contributed by atoms with van der Waals surface area (Å²) in [5.41, 5.74) is 13.3. The van der Waals surface area contributed by atoms with E-state index >= 15 is 0 Å². The van der Waals surface area contributed by atoms with Crippen molar-refractivity contribution in [1.29, 1.82) is 0 Å². The number of pyridine rings is 1. The maximum atomic E-state index is 13.4. The predicted molar refractivity (Wildman–Crippen MR) is 175 cm³/mol. The lowest BCUT2D eigenvalue weighted by atomic mass is 9.83. The molecule has 0 atom stereocenters. The monoisotopic (exact) mass is 590 g/mol. The van der Waals surface area contributed by atoms with Gasteiger partial charge >= 0.3 is 0 Å². The Morgan fingerprint density at radius 1 is 1.28 bits per heavy atom. The Labute approximate surface area is 257 Å². The van der Waals surface area contributed by atoms with Gasteiger partial charge in [0, 0.05) is 58.0 Å². The fourth-order valence-electron chi connectivity index (χ4n) is 5.21. The fraction of sp³-hybridized carbons (Fsp3) is 0.515. The van der Waals surface area contributed by atoms with E-state index in [1.54, 1.807) is 25.3 Å². The van der Waals surface area contributed by atoms with Crippen molar-refractivity contribution in [3.8, 4) is 0 Å². The molecule has 10 heteroatoms. The molecule has 1 aliphatic carbocycles. The number of hydrogen-bond acceptors (Lipinski definition) is 8. The number of hydrogen-bond donors (Lipinski definition) is 4. The van der Waals surface area contributed by atoms with Crippen molar-refractivity contribution >= 4 is 23.2 Å². The zero-order chi connectivity index (χ0) is 31.4. The van der Waals surface area contributed by atoms with E-state index in [9.17, 15) is 9.59 Å². The summed E-state index contributed by atoms with van der Waals surface area (Å²) in [6.07, 6.45) is 16.2. The number of carbonyl (C=O) groups excluding carboxylic acids is 2. The third-order valence-electron chi connectivity index (χ3n) is 8.05. The first-order chi connectivity index (χ1) is 20.6. The van der Waals surface area contributed by atoms with Crippen LogP contribution in [0.15, 0.2) is 64.7 Å². The van der Waals surface area contributed by atoms with Crippen molar-refractivity contribution in [3.05, 3.63) is 71.0 Å². The van der Waals surface area contributed by atoms with E-state index in [-0.39, 0.29) is 11.5 Å². The number of amides is 2. The van der Waals surface area contributed by atoms with Crippen LogP contribution in [0, 0.1) is 18.8 Å². The number of nitrogens with two attached hydrogens (primary N) is 1. The van der Waals surface area contributed by atoms with Crippen LogP contribution in [0.5, 0.6) is 0 Å². The molecule has 5 N–H and O–H groups in total. The lowest BCUT2D eigenvalue weighted by molar-refractivity contribution is -0.112. The summed E-state index contributed by atoms with van der Waals surface area (Å²) in [5, 5.41) is 7.77. The molecule has 2 aliphatic rings. The van der Waals surface area contributed by atoms with Crippen molar-refractivity contribution < 1.29 is 9.59 Å². The summed E-state index contributed by atoms with van der Waals surface area (Å²) in [4.78, 5) is 37.6. The van der Waals surface area contributed by atoms with Gasteiger partial charge in [-0.3, -0.25) is 19.6 Å². The highest BCUT2D eigenvalue weighted by molar-refractivity contribution is 6.29. The maximum absolute atomic E-state index is 13.4. The first kappa shape index (κ1) is 33.7. The van der Waals surface area contributed by atoms with Crippen molar-refractivity contribution in [1.82, 2.24) is 25.6 Å². The number of nitrogens with zero attached hydrogens (tertiary/aromatic N) is 4. The second-order valence-corrected chi connectivity index (χ2v) is 11.8. The highest BCUT2D eigenvalue weighted by atomic mass is 16.2. The van der Waals surface area contributed by atoms with Crippen LogP contribution in [0.2, 0.25) is 0 Å². The van der Waals surface area contributed by atoms with Crippen LogP contribution in [0.4, 0.5) is 5.69 Å². The minimum atomic E-state index is -0.435. The zero-order valence-electron chi connectivity index (χ0n) is 26.7. The number of nitrogens with one attached hydrogen (secondary N) is 3. The SMILES string of the molecule is CC/C=C\C(=N/C=C(\C)C1=CN(C)NC1)C(=C\N)/C(=O)Nc1cc(C(=O)NCCN(C)CC2CCC(C)CC2)cnc1C. The van der Waals surface area contributed by atoms with Gasteiger partial charge in [-0.05, 0) is 75.3 Å². The van der Waals surface area contributed by atoms with Crippen LogP contribution >= 0.6 is 0 Å². The topological polar surface area (TPSA) is 128 Å². The van der Waals surface area contributed by atoms with E-state index in [0.717, 1.165) is 42.5 Å². The minimum Gasteiger partial charge on any atom is -0.404 e.